The summed E-state index contributed by atoms with van der Waals surface area (Å²) in [4.78, 5) is 0. The van der Waals surface area contributed by atoms with Crippen LogP contribution in [0.3, 0.4) is 0 Å². The van der Waals surface area contributed by atoms with Crippen LogP contribution in [0.1, 0.15) is 5.56 Å². The molecule has 0 amide bonds. The molecule has 0 bridgehead atoms. The van der Waals surface area contributed by atoms with E-state index in [0.717, 1.165) is 5.56 Å². The monoisotopic (exact) mass is 215 g/mol. The van der Waals surface area contributed by atoms with Gasteiger partial charge in [0, 0.05) is 6.42 Å². The van der Waals surface area contributed by atoms with Crippen molar-refractivity contribution in [3.63, 3.8) is 0 Å². The van der Waals surface area contributed by atoms with Crippen molar-refractivity contribution in [3.05, 3.63) is 48.0 Å². The Hall–Kier alpha value is -1.52. The zero-order valence-corrected chi connectivity index (χ0v) is 8.91. The van der Waals surface area contributed by atoms with Gasteiger partial charge < -0.3 is 0 Å². The number of halogens is 1. The summed E-state index contributed by atoms with van der Waals surface area (Å²) in [6, 6.07) is 16.3. The van der Waals surface area contributed by atoms with E-state index in [9.17, 15) is 0 Å². The van der Waals surface area contributed by atoms with Gasteiger partial charge in [-0.25, -0.2) is 0 Å². The van der Waals surface area contributed by atoms with Gasteiger partial charge in [0.2, 0.25) is 0 Å². The third-order valence-electron chi connectivity index (χ3n) is 2.42. The lowest BCUT2D eigenvalue weighted by molar-refractivity contribution is 1.03. The van der Waals surface area contributed by atoms with E-state index in [0.29, 0.717) is 6.42 Å². The molecule has 0 heterocycles. The first-order valence-corrected chi connectivity index (χ1v) is 5.25. The maximum Gasteiger partial charge on any atom is 0.124 e. The largest absolute Gasteiger partial charge is 0.197 e. The van der Waals surface area contributed by atoms with E-state index >= 15 is 0 Å². The van der Waals surface area contributed by atoms with Crippen LogP contribution in [0.2, 0.25) is 0 Å². The van der Waals surface area contributed by atoms with Gasteiger partial charge in [0.15, 0.2) is 0 Å². The molecular formula is C13H10ClN. The van der Waals surface area contributed by atoms with E-state index in [2.05, 4.69) is 18.2 Å². The predicted octanol–water partition coefficient (Wildman–Crippen LogP) is 3.51. The summed E-state index contributed by atoms with van der Waals surface area (Å²) in [7, 11) is 0. The maximum absolute atomic E-state index is 8.69. The van der Waals surface area contributed by atoms with Crippen LogP contribution in [-0.2, 0) is 6.42 Å². The minimum atomic E-state index is -0.448. The van der Waals surface area contributed by atoms with E-state index < -0.39 is 5.38 Å². The fourth-order valence-electron chi connectivity index (χ4n) is 1.71. The van der Waals surface area contributed by atoms with Crippen LogP contribution in [-0.4, -0.2) is 5.38 Å². The Balaban J connectivity index is 2.48. The minimum Gasteiger partial charge on any atom is -0.197 e. The van der Waals surface area contributed by atoms with E-state index in [-0.39, 0.29) is 0 Å². The molecular weight excluding hydrogens is 206 g/mol. The third kappa shape index (κ3) is 2.11. The van der Waals surface area contributed by atoms with Crippen molar-refractivity contribution in [1.29, 1.82) is 5.26 Å². The minimum absolute atomic E-state index is 0.448. The fraction of sp³-hybridized carbons (Fsp3) is 0.154. The zero-order valence-electron chi connectivity index (χ0n) is 8.15. The van der Waals surface area contributed by atoms with Crippen molar-refractivity contribution in [3.8, 4) is 6.07 Å². The molecule has 0 N–H and O–H groups in total. The SMILES string of the molecule is N#CC(Cl)Cc1cccc2ccccc12. The van der Waals surface area contributed by atoms with Gasteiger partial charge in [-0.15, -0.1) is 11.6 Å². The van der Waals surface area contributed by atoms with E-state index in [4.69, 9.17) is 16.9 Å². The molecule has 0 saturated carbocycles. The van der Waals surface area contributed by atoms with E-state index in [1.807, 2.05) is 30.3 Å². The van der Waals surface area contributed by atoms with Gasteiger partial charge in [0.1, 0.15) is 5.38 Å². The summed E-state index contributed by atoms with van der Waals surface area (Å²) in [5.74, 6) is 0. The zero-order chi connectivity index (χ0) is 10.7. The van der Waals surface area contributed by atoms with Gasteiger partial charge in [-0.2, -0.15) is 5.26 Å². The number of hydrogen-bond donors (Lipinski definition) is 0. The summed E-state index contributed by atoms with van der Waals surface area (Å²) in [5.41, 5.74) is 1.13. The highest BCUT2D eigenvalue weighted by molar-refractivity contribution is 6.22. The van der Waals surface area contributed by atoms with Gasteiger partial charge in [-0.3, -0.25) is 0 Å². The van der Waals surface area contributed by atoms with Crippen molar-refractivity contribution in [1.82, 2.24) is 0 Å². The molecule has 15 heavy (non-hydrogen) atoms. The lowest BCUT2D eigenvalue weighted by atomic mass is 10.0. The number of benzene rings is 2. The van der Waals surface area contributed by atoms with Crippen LogP contribution in [0, 0.1) is 11.3 Å². The Morgan fingerprint density at radius 2 is 1.87 bits per heavy atom. The molecule has 2 aromatic carbocycles. The average molecular weight is 216 g/mol. The molecule has 1 nitrogen and oxygen atoms in total. The molecule has 0 saturated heterocycles. The van der Waals surface area contributed by atoms with E-state index in [1.165, 1.54) is 10.8 Å². The highest BCUT2D eigenvalue weighted by Crippen LogP contribution is 2.20. The topological polar surface area (TPSA) is 23.8 Å². The summed E-state index contributed by atoms with van der Waals surface area (Å²) >= 11 is 5.84. The van der Waals surface area contributed by atoms with Gasteiger partial charge in [-0.05, 0) is 16.3 Å². The third-order valence-corrected chi connectivity index (χ3v) is 2.67. The quantitative estimate of drug-likeness (QED) is 0.704. The Labute approximate surface area is 93.9 Å². The Kier molecular flexibility index (Phi) is 2.89. The Morgan fingerprint density at radius 3 is 2.67 bits per heavy atom. The van der Waals surface area contributed by atoms with Gasteiger partial charge in [0.25, 0.3) is 0 Å². The molecule has 0 aliphatic heterocycles. The van der Waals surface area contributed by atoms with Crippen molar-refractivity contribution in [2.75, 3.05) is 0 Å². The van der Waals surface area contributed by atoms with Crippen LogP contribution in [0.25, 0.3) is 10.8 Å². The molecule has 0 aromatic heterocycles. The number of hydrogen-bond acceptors (Lipinski definition) is 1. The van der Waals surface area contributed by atoms with Crippen molar-refractivity contribution < 1.29 is 0 Å². The summed E-state index contributed by atoms with van der Waals surface area (Å²) < 4.78 is 0. The van der Waals surface area contributed by atoms with Crippen LogP contribution in [0.4, 0.5) is 0 Å². The second-order valence-electron chi connectivity index (χ2n) is 3.44. The molecule has 0 fully saturated rings. The average Bonchev–Trinajstić information content (AvgIpc) is 2.29. The highest BCUT2D eigenvalue weighted by Gasteiger charge is 2.06. The van der Waals surface area contributed by atoms with Gasteiger partial charge in [0.05, 0.1) is 6.07 Å². The number of nitrogens with zero attached hydrogens (tertiary/aromatic N) is 1. The lowest BCUT2D eigenvalue weighted by Gasteiger charge is -2.06. The first-order valence-electron chi connectivity index (χ1n) is 4.81. The van der Waals surface area contributed by atoms with Gasteiger partial charge in [-0.1, -0.05) is 42.5 Å². The normalized spacial score (nSPS) is 12.3. The lowest BCUT2D eigenvalue weighted by Crippen LogP contribution is -1.99. The maximum atomic E-state index is 8.69. The van der Waals surface area contributed by atoms with Crippen molar-refractivity contribution >= 4 is 22.4 Å². The second-order valence-corrected chi connectivity index (χ2v) is 3.97. The number of nitriles is 1. The van der Waals surface area contributed by atoms with Crippen LogP contribution >= 0.6 is 11.6 Å². The predicted molar refractivity (Wildman–Crippen MR) is 62.9 cm³/mol. The van der Waals surface area contributed by atoms with Crippen LogP contribution in [0.15, 0.2) is 42.5 Å². The molecule has 74 valence electrons. The molecule has 0 radical (unpaired) electrons. The molecule has 1 unspecified atom stereocenters. The summed E-state index contributed by atoms with van der Waals surface area (Å²) in [6.07, 6.45) is 0.597. The fourth-order valence-corrected chi connectivity index (χ4v) is 1.88. The van der Waals surface area contributed by atoms with Crippen molar-refractivity contribution in [2.45, 2.75) is 11.8 Å². The number of fused-ring (bicyclic) bond motifs is 1. The number of alkyl halides is 1. The standard InChI is InChI=1S/C13H10ClN/c14-12(9-15)8-11-6-3-5-10-4-1-2-7-13(10)11/h1-7,12H,8H2. The molecule has 2 rings (SSSR count). The van der Waals surface area contributed by atoms with Crippen LogP contribution in [0.5, 0.6) is 0 Å². The molecule has 2 heteroatoms. The Bertz CT molecular complexity index is 508. The molecule has 2 aromatic rings. The summed E-state index contributed by atoms with van der Waals surface area (Å²) in [6.45, 7) is 0. The molecule has 0 aliphatic carbocycles. The first kappa shape index (κ1) is 10.0. The first-order chi connectivity index (χ1) is 7.31. The Morgan fingerprint density at radius 1 is 1.13 bits per heavy atom. The summed E-state index contributed by atoms with van der Waals surface area (Å²) in [5, 5.41) is 10.6. The van der Waals surface area contributed by atoms with Crippen molar-refractivity contribution in [2.24, 2.45) is 0 Å². The molecule has 0 spiro atoms. The molecule has 1 atom stereocenters. The van der Waals surface area contributed by atoms with Crippen LogP contribution < -0.4 is 0 Å². The smallest absolute Gasteiger partial charge is 0.124 e. The van der Waals surface area contributed by atoms with E-state index in [1.54, 1.807) is 0 Å². The molecule has 0 aliphatic rings. The van der Waals surface area contributed by atoms with Gasteiger partial charge >= 0.3 is 0 Å². The number of rotatable bonds is 2. The second kappa shape index (κ2) is 4.33. The highest BCUT2D eigenvalue weighted by atomic mass is 35.5.